The summed E-state index contributed by atoms with van der Waals surface area (Å²) in [6.07, 6.45) is 0. The topological polar surface area (TPSA) is 55.2 Å². The molecule has 2 rings (SSSR count). The van der Waals surface area contributed by atoms with Crippen molar-refractivity contribution in [2.45, 2.75) is 19.9 Å². The lowest BCUT2D eigenvalue weighted by atomic mass is 10.1. The zero-order valence-corrected chi connectivity index (χ0v) is 12.8. The highest BCUT2D eigenvalue weighted by Crippen LogP contribution is 2.19. The van der Waals surface area contributed by atoms with E-state index in [-0.39, 0.29) is 0 Å². The molecule has 1 aromatic heterocycles. The van der Waals surface area contributed by atoms with Crippen LogP contribution in [0.5, 0.6) is 0 Å². The fourth-order valence-electron chi connectivity index (χ4n) is 2.66. The number of nitrogens with one attached hydrogen (secondary N) is 1. The third-order valence-electron chi connectivity index (χ3n) is 3.95. The molecular formula is C15H23N5. The minimum absolute atomic E-state index is 0.467. The molecule has 0 radical (unpaired) electrons. The predicted molar refractivity (Wildman–Crippen MR) is 80.8 cm³/mol. The van der Waals surface area contributed by atoms with Gasteiger partial charge in [-0.05, 0) is 34.0 Å². The minimum Gasteiger partial charge on any atom is -0.382 e. The van der Waals surface area contributed by atoms with Crippen LogP contribution in [-0.4, -0.2) is 61.1 Å². The molecule has 20 heavy (non-hydrogen) atoms. The Morgan fingerprint density at radius 2 is 2.15 bits per heavy atom. The van der Waals surface area contributed by atoms with Gasteiger partial charge >= 0.3 is 0 Å². The number of anilines is 1. The van der Waals surface area contributed by atoms with Crippen molar-refractivity contribution in [1.82, 2.24) is 14.8 Å². The number of pyridine rings is 1. The molecule has 0 spiro atoms. The third kappa shape index (κ3) is 3.27. The van der Waals surface area contributed by atoms with Crippen LogP contribution in [0.25, 0.3) is 0 Å². The van der Waals surface area contributed by atoms with E-state index in [0.29, 0.717) is 11.6 Å². The molecule has 1 aliphatic heterocycles. The fourth-order valence-corrected chi connectivity index (χ4v) is 2.66. The molecule has 0 aromatic carbocycles. The summed E-state index contributed by atoms with van der Waals surface area (Å²) in [5.74, 6) is 0. The van der Waals surface area contributed by atoms with Crippen LogP contribution in [0.1, 0.15) is 17.0 Å². The normalized spacial score (nSPS) is 20.6. The van der Waals surface area contributed by atoms with Gasteiger partial charge in [0.2, 0.25) is 0 Å². The number of rotatable bonds is 3. The number of aryl methyl sites for hydroxylation is 2. The number of hydrogen-bond donors (Lipinski definition) is 1. The van der Waals surface area contributed by atoms with E-state index in [2.05, 4.69) is 40.3 Å². The molecule has 1 atom stereocenters. The van der Waals surface area contributed by atoms with Gasteiger partial charge in [-0.3, -0.25) is 9.88 Å². The van der Waals surface area contributed by atoms with Crippen LogP contribution in [0.3, 0.4) is 0 Å². The second kappa shape index (κ2) is 6.21. The van der Waals surface area contributed by atoms with Crippen molar-refractivity contribution in [2.24, 2.45) is 0 Å². The van der Waals surface area contributed by atoms with Crippen molar-refractivity contribution in [1.29, 1.82) is 5.26 Å². The smallest absolute Gasteiger partial charge is 0.103 e. The molecule has 0 bridgehead atoms. The van der Waals surface area contributed by atoms with E-state index in [1.54, 1.807) is 0 Å². The Morgan fingerprint density at radius 3 is 2.85 bits per heavy atom. The number of likely N-dealkylation sites (N-methyl/N-ethyl adjacent to an activating group) is 2. The van der Waals surface area contributed by atoms with Gasteiger partial charge in [0.1, 0.15) is 6.07 Å². The zero-order valence-electron chi connectivity index (χ0n) is 12.8. The first-order valence-electron chi connectivity index (χ1n) is 7.02. The lowest BCUT2D eigenvalue weighted by Crippen LogP contribution is -2.52. The minimum atomic E-state index is 0.467. The van der Waals surface area contributed by atoms with E-state index in [1.165, 1.54) is 0 Å². The van der Waals surface area contributed by atoms with Crippen molar-refractivity contribution >= 4 is 5.69 Å². The van der Waals surface area contributed by atoms with Crippen molar-refractivity contribution in [3.63, 3.8) is 0 Å². The van der Waals surface area contributed by atoms with Crippen LogP contribution in [0.15, 0.2) is 6.07 Å². The lowest BCUT2D eigenvalue weighted by molar-refractivity contribution is 0.122. The summed E-state index contributed by atoms with van der Waals surface area (Å²) in [4.78, 5) is 9.07. The first-order valence-corrected chi connectivity index (χ1v) is 7.02. The maximum Gasteiger partial charge on any atom is 0.103 e. The van der Waals surface area contributed by atoms with Crippen molar-refractivity contribution in [2.75, 3.05) is 45.6 Å². The number of nitrogens with zero attached hydrogens (tertiary/aromatic N) is 4. The molecule has 1 aromatic rings. The van der Waals surface area contributed by atoms with Crippen LogP contribution in [-0.2, 0) is 0 Å². The number of hydrogen-bond acceptors (Lipinski definition) is 5. The Kier molecular flexibility index (Phi) is 4.58. The lowest BCUT2D eigenvalue weighted by Gasteiger charge is -2.38. The molecule has 0 aliphatic carbocycles. The molecule has 1 fully saturated rings. The Hall–Kier alpha value is -1.64. The van der Waals surface area contributed by atoms with Gasteiger partial charge in [-0.25, -0.2) is 0 Å². The van der Waals surface area contributed by atoms with Crippen molar-refractivity contribution in [3.8, 4) is 6.07 Å². The average Bonchev–Trinajstić information content (AvgIpc) is 2.39. The van der Waals surface area contributed by atoms with Crippen LogP contribution in [0.4, 0.5) is 5.69 Å². The highest BCUT2D eigenvalue weighted by molar-refractivity contribution is 5.59. The molecule has 0 saturated carbocycles. The fraction of sp³-hybridized carbons (Fsp3) is 0.600. The van der Waals surface area contributed by atoms with Gasteiger partial charge in [0.15, 0.2) is 0 Å². The van der Waals surface area contributed by atoms with Crippen LogP contribution >= 0.6 is 0 Å². The molecule has 0 amide bonds. The van der Waals surface area contributed by atoms with Gasteiger partial charge in [0.25, 0.3) is 0 Å². The number of nitriles is 1. The largest absolute Gasteiger partial charge is 0.382 e. The molecule has 5 heteroatoms. The van der Waals surface area contributed by atoms with Gasteiger partial charge in [-0.2, -0.15) is 5.26 Å². The molecular weight excluding hydrogens is 250 g/mol. The Balaban J connectivity index is 2.09. The first kappa shape index (κ1) is 14.8. The Morgan fingerprint density at radius 1 is 1.40 bits per heavy atom. The number of aromatic nitrogens is 1. The predicted octanol–water partition coefficient (Wildman–Crippen LogP) is 1.23. The molecule has 108 valence electrons. The van der Waals surface area contributed by atoms with Gasteiger partial charge in [0.05, 0.1) is 16.9 Å². The monoisotopic (exact) mass is 273 g/mol. The van der Waals surface area contributed by atoms with Crippen molar-refractivity contribution < 1.29 is 0 Å². The third-order valence-corrected chi connectivity index (χ3v) is 3.95. The maximum absolute atomic E-state index is 9.27. The molecule has 2 heterocycles. The second-order valence-corrected chi connectivity index (χ2v) is 5.66. The Bertz CT molecular complexity index is 520. The summed E-state index contributed by atoms with van der Waals surface area (Å²) < 4.78 is 0. The van der Waals surface area contributed by atoms with Gasteiger partial charge in [-0.1, -0.05) is 0 Å². The summed E-state index contributed by atoms with van der Waals surface area (Å²) in [5, 5.41) is 12.7. The quantitative estimate of drug-likeness (QED) is 0.897. The van der Waals surface area contributed by atoms with E-state index < -0.39 is 0 Å². The maximum atomic E-state index is 9.27. The second-order valence-electron chi connectivity index (χ2n) is 5.66. The highest BCUT2D eigenvalue weighted by Gasteiger charge is 2.22. The van der Waals surface area contributed by atoms with E-state index in [9.17, 15) is 5.26 Å². The molecule has 1 unspecified atom stereocenters. The van der Waals surface area contributed by atoms with Gasteiger partial charge < -0.3 is 10.2 Å². The van der Waals surface area contributed by atoms with E-state index in [4.69, 9.17) is 0 Å². The van der Waals surface area contributed by atoms with Crippen LogP contribution in [0.2, 0.25) is 0 Å². The summed E-state index contributed by atoms with van der Waals surface area (Å²) in [7, 11) is 4.31. The van der Waals surface area contributed by atoms with Gasteiger partial charge in [0, 0.05) is 37.9 Å². The zero-order chi connectivity index (χ0) is 14.7. The number of piperazine rings is 1. The molecule has 1 aliphatic rings. The van der Waals surface area contributed by atoms with Gasteiger partial charge in [-0.15, -0.1) is 0 Å². The molecule has 5 nitrogen and oxygen atoms in total. The van der Waals surface area contributed by atoms with E-state index in [0.717, 1.165) is 43.3 Å². The molecule has 1 saturated heterocycles. The summed E-state index contributed by atoms with van der Waals surface area (Å²) in [6.45, 7) is 7.94. The molecule has 1 N–H and O–H groups in total. The summed E-state index contributed by atoms with van der Waals surface area (Å²) >= 11 is 0. The Labute approximate surface area is 121 Å². The van der Waals surface area contributed by atoms with Crippen LogP contribution < -0.4 is 5.32 Å². The van der Waals surface area contributed by atoms with E-state index >= 15 is 0 Å². The van der Waals surface area contributed by atoms with Crippen molar-refractivity contribution in [3.05, 3.63) is 23.0 Å². The highest BCUT2D eigenvalue weighted by atomic mass is 15.3. The SMILES string of the molecule is Cc1cc(NCC2CN(C)CCN2C)c(C#N)c(C)n1. The standard InChI is InChI=1S/C15H23N5/c1-11-7-15(14(8-16)12(2)18-11)17-9-13-10-19(3)5-6-20(13)4/h7,13H,5-6,9-10H2,1-4H3,(H,17,18). The summed E-state index contributed by atoms with van der Waals surface area (Å²) in [5.41, 5.74) is 3.30. The average molecular weight is 273 g/mol. The van der Waals surface area contributed by atoms with E-state index in [1.807, 2.05) is 19.9 Å². The first-order chi connectivity index (χ1) is 9.51. The summed E-state index contributed by atoms with van der Waals surface area (Å²) in [6, 6.07) is 4.67. The van der Waals surface area contributed by atoms with Crippen LogP contribution in [0, 0.1) is 25.2 Å².